The summed E-state index contributed by atoms with van der Waals surface area (Å²) >= 11 is 1.78. The molecule has 1 saturated carbocycles. The lowest BCUT2D eigenvalue weighted by molar-refractivity contribution is 0.0552. The zero-order valence-corrected chi connectivity index (χ0v) is 13.6. The Hall–Kier alpha value is -1.17. The average Bonchev–Trinajstić information content (AvgIpc) is 3.05. The van der Waals surface area contributed by atoms with Crippen LogP contribution in [-0.4, -0.2) is 16.6 Å². The molecular formula is C16H22N2O2S. The van der Waals surface area contributed by atoms with Gasteiger partial charge in [-0.1, -0.05) is 0 Å². The number of nitrogens with one attached hydrogen (secondary N) is 1. The van der Waals surface area contributed by atoms with E-state index in [9.17, 15) is 5.11 Å². The Balaban J connectivity index is 1.57. The number of rotatable bonds is 6. The fourth-order valence-corrected chi connectivity index (χ4v) is 3.67. The van der Waals surface area contributed by atoms with Gasteiger partial charge in [-0.25, -0.2) is 4.98 Å². The van der Waals surface area contributed by atoms with Crippen molar-refractivity contribution in [2.75, 3.05) is 6.54 Å². The number of aromatic nitrogens is 1. The van der Waals surface area contributed by atoms with Crippen LogP contribution in [0.2, 0.25) is 0 Å². The molecule has 5 heteroatoms. The van der Waals surface area contributed by atoms with E-state index in [4.69, 9.17) is 4.42 Å². The van der Waals surface area contributed by atoms with E-state index in [1.165, 1.54) is 22.7 Å². The summed E-state index contributed by atoms with van der Waals surface area (Å²) in [6.45, 7) is 6.85. The summed E-state index contributed by atoms with van der Waals surface area (Å²) in [5, 5.41) is 15.2. The number of nitrogens with zero attached hydrogens (tertiary/aromatic N) is 1. The van der Waals surface area contributed by atoms with Crippen LogP contribution in [0, 0.1) is 13.8 Å². The number of hydrogen-bond acceptors (Lipinski definition) is 5. The van der Waals surface area contributed by atoms with Crippen molar-refractivity contribution in [3.8, 4) is 0 Å². The van der Waals surface area contributed by atoms with Gasteiger partial charge < -0.3 is 14.8 Å². The maximum absolute atomic E-state index is 10.6. The average molecular weight is 306 g/mol. The van der Waals surface area contributed by atoms with Gasteiger partial charge in [0.25, 0.3) is 0 Å². The third kappa shape index (κ3) is 3.36. The molecule has 0 saturated heterocycles. The van der Waals surface area contributed by atoms with Crippen LogP contribution in [0.1, 0.15) is 52.7 Å². The lowest BCUT2D eigenvalue weighted by Gasteiger charge is -2.23. The number of thiazole rings is 1. The second-order valence-electron chi connectivity index (χ2n) is 6.14. The Morgan fingerprint density at radius 3 is 2.86 bits per heavy atom. The van der Waals surface area contributed by atoms with E-state index >= 15 is 0 Å². The van der Waals surface area contributed by atoms with Gasteiger partial charge in [0.15, 0.2) is 0 Å². The lowest BCUT2D eigenvalue weighted by Crippen LogP contribution is -2.35. The molecule has 3 rings (SSSR count). The molecule has 1 aliphatic rings. The summed E-state index contributed by atoms with van der Waals surface area (Å²) < 4.78 is 5.51. The van der Waals surface area contributed by atoms with Gasteiger partial charge in [0.2, 0.25) is 0 Å². The predicted octanol–water partition coefficient (Wildman–Crippen LogP) is 3.23. The Morgan fingerprint density at radius 1 is 1.48 bits per heavy atom. The molecule has 0 aromatic carbocycles. The van der Waals surface area contributed by atoms with Crippen molar-refractivity contribution in [1.82, 2.24) is 10.3 Å². The molecule has 1 atom stereocenters. The molecule has 0 aliphatic heterocycles. The van der Waals surface area contributed by atoms with Crippen LogP contribution in [0.15, 0.2) is 16.7 Å². The van der Waals surface area contributed by atoms with Crippen LogP contribution in [0.4, 0.5) is 0 Å². The molecule has 0 bridgehead atoms. The fourth-order valence-electron chi connectivity index (χ4n) is 2.61. The Bertz CT molecular complexity index is 626. The van der Waals surface area contributed by atoms with E-state index in [0.717, 1.165) is 23.6 Å². The fraction of sp³-hybridized carbons (Fsp3) is 0.562. The molecule has 1 fully saturated rings. The summed E-state index contributed by atoms with van der Waals surface area (Å²) in [5.41, 5.74) is -0.0678. The van der Waals surface area contributed by atoms with Gasteiger partial charge in [-0.05, 0) is 39.7 Å². The van der Waals surface area contributed by atoms with Crippen molar-refractivity contribution in [3.05, 3.63) is 39.2 Å². The van der Waals surface area contributed by atoms with Gasteiger partial charge in [0, 0.05) is 35.6 Å². The molecular weight excluding hydrogens is 284 g/mol. The highest BCUT2D eigenvalue weighted by Gasteiger charge is 2.28. The molecule has 1 aliphatic carbocycles. The monoisotopic (exact) mass is 306 g/mol. The van der Waals surface area contributed by atoms with Gasteiger partial charge >= 0.3 is 0 Å². The van der Waals surface area contributed by atoms with Crippen LogP contribution >= 0.6 is 11.3 Å². The molecule has 2 heterocycles. The molecule has 2 aromatic heterocycles. The van der Waals surface area contributed by atoms with Crippen molar-refractivity contribution in [3.63, 3.8) is 0 Å². The Morgan fingerprint density at radius 2 is 2.24 bits per heavy atom. The first-order valence-corrected chi connectivity index (χ1v) is 8.22. The molecule has 1 unspecified atom stereocenters. The summed E-state index contributed by atoms with van der Waals surface area (Å²) in [7, 11) is 0. The van der Waals surface area contributed by atoms with Crippen LogP contribution in [0.5, 0.6) is 0 Å². The highest BCUT2D eigenvalue weighted by Crippen LogP contribution is 2.41. The summed E-state index contributed by atoms with van der Waals surface area (Å²) in [5.74, 6) is 2.33. The molecule has 114 valence electrons. The SMILES string of the molecule is Cc1cc(C(C)(O)CNCc2cnc(C3CC3)s2)c(C)o1. The second kappa shape index (κ2) is 5.55. The zero-order chi connectivity index (χ0) is 15.0. The standard InChI is InChI=1S/C16H22N2O2S/c1-10-6-14(11(2)20-10)16(3,19)9-17-7-13-8-18-15(21-13)12-4-5-12/h6,8,12,17,19H,4-5,7,9H2,1-3H3. The third-order valence-electron chi connectivity index (χ3n) is 3.89. The molecule has 4 nitrogen and oxygen atoms in total. The second-order valence-corrected chi connectivity index (χ2v) is 7.29. The molecule has 0 amide bonds. The van der Waals surface area contributed by atoms with E-state index < -0.39 is 5.60 Å². The van der Waals surface area contributed by atoms with Crippen molar-refractivity contribution in [2.24, 2.45) is 0 Å². The molecule has 2 N–H and O–H groups in total. The van der Waals surface area contributed by atoms with Gasteiger partial charge in [-0.15, -0.1) is 11.3 Å². The van der Waals surface area contributed by atoms with E-state index in [1.54, 1.807) is 11.3 Å². The normalized spacial score (nSPS) is 17.9. The largest absolute Gasteiger partial charge is 0.466 e. The van der Waals surface area contributed by atoms with Crippen LogP contribution < -0.4 is 5.32 Å². The minimum atomic E-state index is -0.925. The number of hydrogen-bond donors (Lipinski definition) is 2. The highest BCUT2D eigenvalue weighted by atomic mass is 32.1. The maximum atomic E-state index is 10.6. The lowest BCUT2D eigenvalue weighted by atomic mass is 9.96. The number of aryl methyl sites for hydroxylation is 2. The smallest absolute Gasteiger partial charge is 0.107 e. The van der Waals surface area contributed by atoms with Crippen molar-refractivity contribution in [1.29, 1.82) is 0 Å². The minimum absolute atomic E-state index is 0.490. The first-order chi connectivity index (χ1) is 9.95. The van der Waals surface area contributed by atoms with Gasteiger partial charge in [0.1, 0.15) is 17.1 Å². The highest BCUT2D eigenvalue weighted by molar-refractivity contribution is 7.11. The summed E-state index contributed by atoms with van der Waals surface area (Å²) in [6.07, 6.45) is 4.52. The first-order valence-electron chi connectivity index (χ1n) is 7.41. The van der Waals surface area contributed by atoms with Gasteiger partial charge in [-0.3, -0.25) is 0 Å². The van der Waals surface area contributed by atoms with Crippen molar-refractivity contribution < 1.29 is 9.52 Å². The van der Waals surface area contributed by atoms with E-state index in [1.807, 2.05) is 33.0 Å². The first kappa shape index (κ1) is 14.8. The Labute approximate surface area is 129 Å². The number of furan rings is 1. The van der Waals surface area contributed by atoms with Crippen molar-refractivity contribution in [2.45, 2.75) is 51.7 Å². The van der Waals surface area contributed by atoms with E-state index in [0.29, 0.717) is 12.5 Å². The summed E-state index contributed by atoms with van der Waals surface area (Å²) in [6, 6.07) is 1.91. The predicted molar refractivity (Wildman–Crippen MR) is 83.5 cm³/mol. The van der Waals surface area contributed by atoms with Gasteiger partial charge in [-0.2, -0.15) is 0 Å². The minimum Gasteiger partial charge on any atom is -0.466 e. The van der Waals surface area contributed by atoms with Crippen LogP contribution in [0.3, 0.4) is 0 Å². The van der Waals surface area contributed by atoms with Gasteiger partial charge in [0.05, 0.1) is 5.01 Å². The molecule has 0 radical (unpaired) electrons. The van der Waals surface area contributed by atoms with Crippen molar-refractivity contribution >= 4 is 11.3 Å². The summed E-state index contributed by atoms with van der Waals surface area (Å²) in [4.78, 5) is 5.70. The van der Waals surface area contributed by atoms with Crippen LogP contribution in [0.25, 0.3) is 0 Å². The van der Waals surface area contributed by atoms with Crippen LogP contribution in [-0.2, 0) is 12.1 Å². The molecule has 2 aromatic rings. The topological polar surface area (TPSA) is 58.3 Å². The maximum Gasteiger partial charge on any atom is 0.107 e. The Kier molecular flexibility index (Phi) is 3.90. The third-order valence-corrected chi connectivity index (χ3v) is 5.05. The van der Waals surface area contributed by atoms with E-state index in [-0.39, 0.29) is 0 Å². The number of aliphatic hydroxyl groups is 1. The molecule has 0 spiro atoms. The quantitative estimate of drug-likeness (QED) is 0.860. The van der Waals surface area contributed by atoms with E-state index in [2.05, 4.69) is 10.3 Å². The zero-order valence-electron chi connectivity index (χ0n) is 12.8. The molecule has 21 heavy (non-hydrogen) atoms.